The van der Waals surface area contributed by atoms with Crippen LogP contribution in [0.5, 0.6) is 11.5 Å². The van der Waals surface area contributed by atoms with E-state index in [1.54, 1.807) is 4.90 Å². The van der Waals surface area contributed by atoms with E-state index in [0.29, 0.717) is 12.2 Å². The summed E-state index contributed by atoms with van der Waals surface area (Å²) in [7, 11) is 0. The summed E-state index contributed by atoms with van der Waals surface area (Å²) in [6, 6.07) is 7.86. The van der Waals surface area contributed by atoms with Crippen LogP contribution in [0.4, 0.5) is 0 Å². The molecule has 1 saturated heterocycles. The second kappa shape index (κ2) is 7.66. The lowest BCUT2D eigenvalue weighted by Crippen LogP contribution is -3.16. The molecule has 0 bridgehead atoms. The molecule has 0 unspecified atom stereocenters. The van der Waals surface area contributed by atoms with Crippen molar-refractivity contribution >= 4 is 0 Å². The van der Waals surface area contributed by atoms with Gasteiger partial charge in [-0.05, 0) is 52.0 Å². The molecule has 4 nitrogen and oxygen atoms in total. The number of rotatable bonds is 6. The maximum Gasteiger partial charge on any atom is 0.137 e. The first-order chi connectivity index (χ1) is 10.0. The van der Waals surface area contributed by atoms with Gasteiger partial charge in [-0.25, -0.2) is 0 Å². The quantitative estimate of drug-likeness (QED) is 0.864. The van der Waals surface area contributed by atoms with Crippen molar-refractivity contribution in [3.63, 3.8) is 0 Å². The summed E-state index contributed by atoms with van der Waals surface area (Å²) < 4.78 is 17.2. The highest BCUT2D eigenvalue weighted by Gasteiger charge is 2.25. The topological polar surface area (TPSA) is 32.1 Å². The van der Waals surface area contributed by atoms with Crippen molar-refractivity contribution in [2.24, 2.45) is 0 Å². The minimum atomic E-state index is 0.200. The van der Waals surface area contributed by atoms with Gasteiger partial charge in [0.15, 0.2) is 0 Å². The summed E-state index contributed by atoms with van der Waals surface area (Å²) in [6.45, 7) is 12.2. The molecule has 0 radical (unpaired) electrons. The summed E-state index contributed by atoms with van der Waals surface area (Å²) in [5.74, 6) is 1.79. The predicted octanol–water partition coefficient (Wildman–Crippen LogP) is 1.54. The Morgan fingerprint density at radius 1 is 1.10 bits per heavy atom. The van der Waals surface area contributed by atoms with Crippen molar-refractivity contribution < 1.29 is 19.1 Å². The molecule has 2 atom stereocenters. The second-order valence-corrected chi connectivity index (χ2v) is 6.15. The molecule has 1 aromatic carbocycles. The Morgan fingerprint density at radius 3 is 2.24 bits per heavy atom. The van der Waals surface area contributed by atoms with Crippen LogP contribution >= 0.6 is 0 Å². The monoisotopic (exact) mass is 294 g/mol. The lowest BCUT2D eigenvalue weighted by atomic mass is 10.2. The van der Waals surface area contributed by atoms with Crippen LogP contribution in [0.25, 0.3) is 0 Å². The Balaban J connectivity index is 1.73. The molecule has 0 aliphatic carbocycles. The Morgan fingerprint density at radius 2 is 1.67 bits per heavy atom. The average molecular weight is 294 g/mol. The van der Waals surface area contributed by atoms with Gasteiger partial charge in [-0.3, -0.25) is 0 Å². The lowest BCUT2D eigenvalue weighted by molar-refractivity contribution is -0.915. The van der Waals surface area contributed by atoms with Gasteiger partial charge in [-0.15, -0.1) is 0 Å². The number of benzene rings is 1. The van der Waals surface area contributed by atoms with Gasteiger partial charge in [0, 0.05) is 0 Å². The number of nitrogens with one attached hydrogen (secondary N) is 1. The number of quaternary nitrogens is 1. The molecule has 1 aromatic rings. The summed E-state index contributed by atoms with van der Waals surface area (Å²) in [5, 5.41) is 0. The third kappa shape index (κ3) is 5.56. The van der Waals surface area contributed by atoms with Crippen molar-refractivity contribution in [2.45, 2.75) is 46.0 Å². The van der Waals surface area contributed by atoms with Crippen LogP contribution < -0.4 is 14.4 Å². The van der Waals surface area contributed by atoms with Crippen molar-refractivity contribution in [3.05, 3.63) is 24.3 Å². The van der Waals surface area contributed by atoms with Gasteiger partial charge in [0.25, 0.3) is 0 Å². The molecule has 1 aliphatic rings. The van der Waals surface area contributed by atoms with Gasteiger partial charge in [0.05, 0.1) is 6.10 Å². The number of hydrogen-bond acceptors (Lipinski definition) is 3. The predicted molar refractivity (Wildman–Crippen MR) is 83.3 cm³/mol. The fourth-order valence-corrected chi connectivity index (χ4v) is 2.79. The number of morpholine rings is 1. The zero-order valence-corrected chi connectivity index (χ0v) is 13.6. The fraction of sp³-hybridized carbons (Fsp3) is 0.647. The van der Waals surface area contributed by atoms with Crippen molar-refractivity contribution in [1.82, 2.24) is 0 Å². The van der Waals surface area contributed by atoms with Crippen LogP contribution in [-0.2, 0) is 4.74 Å². The SMILES string of the molecule is CC(C)Oc1ccc(OCC[NH+]2C[C@@H](C)O[C@H](C)C2)cc1. The standard InChI is InChI=1S/C17H27NO3/c1-13(2)20-17-7-5-16(6-8-17)19-10-9-18-11-14(3)21-15(4)12-18/h5-8,13-15H,9-12H2,1-4H3/p+1/t14-,15-/m1/s1. The molecule has 1 fully saturated rings. The number of hydrogen-bond donors (Lipinski definition) is 1. The van der Waals surface area contributed by atoms with Crippen LogP contribution in [-0.4, -0.2) is 44.6 Å². The van der Waals surface area contributed by atoms with Gasteiger partial charge in [-0.2, -0.15) is 0 Å². The highest BCUT2D eigenvalue weighted by Crippen LogP contribution is 2.18. The average Bonchev–Trinajstić information content (AvgIpc) is 2.39. The van der Waals surface area contributed by atoms with E-state index in [4.69, 9.17) is 14.2 Å². The van der Waals surface area contributed by atoms with E-state index in [2.05, 4.69) is 13.8 Å². The summed E-state index contributed by atoms with van der Waals surface area (Å²) in [6.07, 6.45) is 0.887. The van der Waals surface area contributed by atoms with Gasteiger partial charge < -0.3 is 19.1 Å². The minimum absolute atomic E-state index is 0.200. The Kier molecular flexibility index (Phi) is 5.88. The van der Waals surface area contributed by atoms with E-state index in [1.807, 2.05) is 38.1 Å². The molecule has 0 amide bonds. The van der Waals surface area contributed by atoms with Crippen LogP contribution in [0.3, 0.4) is 0 Å². The maximum atomic E-state index is 5.82. The molecule has 21 heavy (non-hydrogen) atoms. The van der Waals surface area contributed by atoms with Gasteiger partial charge >= 0.3 is 0 Å². The van der Waals surface area contributed by atoms with Crippen LogP contribution in [0.1, 0.15) is 27.7 Å². The van der Waals surface area contributed by atoms with Crippen LogP contribution in [0.15, 0.2) is 24.3 Å². The molecular formula is C17H28NO3+. The maximum absolute atomic E-state index is 5.82. The molecule has 0 saturated carbocycles. The smallest absolute Gasteiger partial charge is 0.137 e. The largest absolute Gasteiger partial charge is 0.491 e. The van der Waals surface area contributed by atoms with Gasteiger partial charge in [0.1, 0.15) is 49.9 Å². The van der Waals surface area contributed by atoms with Gasteiger partial charge in [0.2, 0.25) is 0 Å². The normalized spacial score (nSPS) is 25.9. The third-order valence-electron chi connectivity index (χ3n) is 3.54. The van der Waals surface area contributed by atoms with E-state index in [1.165, 1.54) is 0 Å². The Labute approximate surface area is 128 Å². The van der Waals surface area contributed by atoms with E-state index in [-0.39, 0.29) is 6.10 Å². The Bertz CT molecular complexity index is 409. The highest BCUT2D eigenvalue weighted by molar-refractivity contribution is 5.31. The zero-order valence-electron chi connectivity index (χ0n) is 13.6. The molecule has 1 N–H and O–H groups in total. The van der Waals surface area contributed by atoms with Crippen LogP contribution in [0.2, 0.25) is 0 Å². The molecule has 0 spiro atoms. The van der Waals surface area contributed by atoms with Crippen molar-refractivity contribution in [2.75, 3.05) is 26.2 Å². The molecular weight excluding hydrogens is 266 g/mol. The minimum Gasteiger partial charge on any atom is -0.491 e. The zero-order chi connectivity index (χ0) is 15.2. The first kappa shape index (κ1) is 16.1. The summed E-state index contributed by atoms with van der Waals surface area (Å²) in [5.41, 5.74) is 0. The molecule has 2 rings (SSSR count). The van der Waals surface area contributed by atoms with E-state index < -0.39 is 0 Å². The first-order valence-corrected chi connectivity index (χ1v) is 7.91. The van der Waals surface area contributed by atoms with E-state index >= 15 is 0 Å². The molecule has 0 aromatic heterocycles. The Hall–Kier alpha value is -1.26. The van der Waals surface area contributed by atoms with Gasteiger partial charge in [-0.1, -0.05) is 0 Å². The molecule has 1 heterocycles. The number of ether oxygens (including phenoxy) is 3. The highest BCUT2D eigenvalue weighted by atomic mass is 16.5. The lowest BCUT2D eigenvalue weighted by Gasteiger charge is -2.32. The third-order valence-corrected chi connectivity index (χ3v) is 3.54. The van der Waals surface area contributed by atoms with E-state index in [0.717, 1.165) is 37.7 Å². The summed E-state index contributed by atoms with van der Waals surface area (Å²) >= 11 is 0. The van der Waals surface area contributed by atoms with Crippen molar-refractivity contribution in [1.29, 1.82) is 0 Å². The van der Waals surface area contributed by atoms with Crippen molar-refractivity contribution in [3.8, 4) is 11.5 Å². The van der Waals surface area contributed by atoms with E-state index in [9.17, 15) is 0 Å². The molecule has 118 valence electrons. The second-order valence-electron chi connectivity index (χ2n) is 6.15. The molecule has 1 aliphatic heterocycles. The fourth-order valence-electron chi connectivity index (χ4n) is 2.79. The molecule has 4 heteroatoms. The summed E-state index contributed by atoms with van der Waals surface area (Å²) in [4.78, 5) is 1.56. The van der Waals surface area contributed by atoms with Crippen LogP contribution in [0, 0.1) is 0 Å². The first-order valence-electron chi connectivity index (χ1n) is 7.91.